The zero-order valence-corrected chi connectivity index (χ0v) is 20.0. The molecule has 3 fully saturated rings. The first-order valence-corrected chi connectivity index (χ1v) is 12.9. The second kappa shape index (κ2) is 10.4. The van der Waals surface area contributed by atoms with E-state index in [-0.39, 0.29) is 24.1 Å². The summed E-state index contributed by atoms with van der Waals surface area (Å²) in [6.45, 7) is 5.49. The number of thiazole rings is 1. The SMILES string of the molecule is C[C@H]1CC[C@H](N(C(=O)Nc2ncc(Cl)s2)C2CCN(C(=O)N3CCCCC3)CC2)CC1. The molecular formula is C22H34ClN5O2S. The van der Waals surface area contributed by atoms with Crippen LogP contribution in [0.5, 0.6) is 0 Å². The van der Waals surface area contributed by atoms with E-state index < -0.39 is 0 Å². The van der Waals surface area contributed by atoms with E-state index in [1.165, 1.54) is 17.8 Å². The summed E-state index contributed by atoms with van der Waals surface area (Å²) < 4.78 is 0.567. The van der Waals surface area contributed by atoms with Crippen LogP contribution in [0.3, 0.4) is 0 Å². The Labute approximate surface area is 194 Å². The van der Waals surface area contributed by atoms with Gasteiger partial charge >= 0.3 is 12.1 Å². The Morgan fingerprint density at radius 3 is 2.23 bits per heavy atom. The minimum absolute atomic E-state index is 0.0774. The van der Waals surface area contributed by atoms with Gasteiger partial charge in [-0.2, -0.15) is 0 Å². The van der Waals surface area contributed by atoms with Gasteiger partial charge in [0.25, 0.3) is 0 Å². The highest BCUT2D eigenvalue weighted by molar-refractivity contribution is 7.19. The maximum Gasteiger partial charge on any atom is 0.324 e. The maximum absolute atomic E-state index is 13.3. The summed E-state index contributed by atoms with van der Waals surface area (Å²) in [5, 5.41) is 3.52. The van der Waals surface area contributed by atoms with Crippen molar-refractivity contribution in [2.75, 3.05) is 31.5 Å². The summed E-state index contributed by atoms with van der Waals surface area (Å²) in [5.41, 5.74) is 0. The summed E-state index contributed by atoms with van der Waals surface area (Å²) >= 11 is 7.28. The lowest BCUT2D eigenvalue weighted by Gasteiger charge is -2.44. The molecule has 2 saturated heterocycles. The highest BCUT2D eigenvalue weighted by atomic mass is 35.5. The molecule has 1 aromatic rings. The third-order valence-electron chi connectivity index (χ3n) is 7.06. The second-order valence-corrected chi connectivity index (χ2v) is 10.9. The van der Waals surface area contributed by atoms with E-state index in [0.717, 1.165) is 83.5 Å². The number of nitrogens with zero attached hydrogens (tertiary/aromatic N) is 4. The minimum Gasteiger partial charge on any atom is -0.325 e. The molecule has 0 radical (unpaired) electrons. The monoisotopic (exact) mass is 467 g/mol. The number of carbonyl (C=O) groups is 2. The average molecular weight is 468 g/mol. The molecule has 1 saturated carbocycles. The second-order valence-electron chi connectivity index (χ2n) is 9.27. The molecule has 7 nitrogen and oxygen atoms in total. The molecule has 0 spiro atoms. The molecule has 4 rings (SSSR count). The summed E-state index contributed by atoms with van der Waals surface area (Å²) in [7, 11) is 0. The summed E-state index contributed by atoms with van der Waals surface area (Å²) in [5.74, 6) is 0.725. The molecule has 0 atom stereocenters. The highest BCUT2D eigenvalue weighted by Gasteiger charge is 2.36. The van der Waals surface area contributed by atoms with Crippen molar-refractivity contribution < 1.29 is 9.59 Å². The fourth-order valence-corrected chi connectivity index (χ4v) is 6.04. The number of rotatable bonds is 3. The van der Waals surface area contributed by atoms with Crippen LogP contribution in [0.1, 0.15) is 64.7 Å². The number of urea groups is 2. The van der Waals surface area contributed by atoms with Crippen molar-refractivity contribution in [2.45, 2.75) is 76.8 Å². The first-order chi connectivity index (χ1) is 15.0. The first-order valence-electron chi connectivity index (χ1n) is 11.8. The summed E-state index contributed by atoms with van der Waals surface area (Å²) in [6, 6.07) is 0.504. The van der Waals surface area contributed by atoms with Gasteiger partial charge in [0.15, 0.2) is 5.13 Å². The van der Waals surface area contributed by atoms with E-state index >= 15 is 0 Å². The third-order valence-corrected chi connectivity index (χ3v) is 8.09. The summed E-state index contributed by atoms with van der Waals surface area (Å²) in [4.78, 5) is 36.5. The number of aromatic nitrogens is 1. The maximum atomic E-state index is 13.3. The molecular weight excluding hydrogens is 434 g/mol. The molecule has 172 valence electrons. The molecule has 0 unspecified atom stereocenters. The largest absolute Gasteiger partial charge is 0.325 e. The zero-order chi connectivity index (χ0) is 21.8. The van der Waals surface area contributed by atoms with Crippen LogP contribution in [0.2, 0.25) is 4.34 Å². The molecule has 0 bridgehead atoms. The fourth-order valence-electron chi connectivity index (χ4n) is 5.24. The minimum atomic E-state index is -0.0774. The molecule has 4 amide bonds. The van der Waals surface area contributed by atoms with Crippen LogP contribution in [0, 0.1) is 5.92 Å². The van der Waals surface area contributed by atoms with Crippen LogP contribution < -0.4 is 5.32 Å². The van der Waals surface area contributed by atoms with Crippen LogP contribution in [-0.4, -0.2) is 70.0 Å². The van der Waals surface area contributed by atoms with Crippen molar-refractivity contribution in [3.8, 4) is 0 Å². The lowest BCUT2D eigenvalue weighted by Crippen LogP contribution is -2.56. The van der Waals surface area contributed by atoms with Gasteiger partial charge in [0.1, 0.15) is 4.34 Å². The Morgan fingerprint density at radius 1 is 1.00 bits per heavy atom. The number of hydrogen-bond donors (Lipinski definition) is 1. The Kier molecular flexibility index (Phi) is 7.59. The quantitative estimate of drug-likeness (QED) is 0.657. The van der Waals surface area contributed by atoms with Crippen molar-refractivity contribution in [1.82, 2.24) is 19.7 Å². The van der Waals surface area contributed by atoms with E-state index in [1.807, 2.05) is 9.80 Å². The molecule has 1 N–H and O–H groups in total. The molecule has 3 aliphatic rings. The number of nitrogens with one attached hydrogen (secondary N) is 1. The fraction of sp³-hybridized carbons (Fsp3) is 0.773. The van der Waals surface area contributed by atoms with Crippen molar-refractivity contribution in [3.05, 3.63) is 10.5 Å². The Bertz CT molecular complexity index is 753. The lowest BCUT2D eigenvalue weighted by atomic mass is 9.85. The standard InChI is InChI=1S/C22H34ClN5O2S/c1-16-5-7-17(8-6-16)28(21(29)25-20-24-15-19(23)31-20)18-9-13-27(14-10-18)22(30)26-11-3-2-4-12-26/h15-18H,2-14H2,1H3,(H,24,25,29)/t16-,17-. The molecule has 0 aromatic carbocycles. The van der Waals surface area contributed by atoms with Crippen molar-refractivity contribution >= 4 is 40.1 Å². The van der Waals surface area contributed by atoms with E-state index in [1.54, 1.807) is 6.20 Å². The number of piperidine rings is 2. The van der Waals surface area contributed by atoms with Crippen molar-refractivity contribution in [1.29, 1.82) is 0 Å². The van der Waals surface area contributed by atoms with E-state index in [0.29, 0.717) is 9.47 Å². The van der Waals surface area contributed by atoms with Gasteiger partial charge < -0.3 is 14.7 Å². The van der Waals surface area contributed by atoms with Crippen LogP contribution in [0.4, 0.5) is 14.7 Å². The van der Waals surface area contributed by atoms with Gasteiger partial charge in [0.05, 0.1) is 6.20 Å². The third kappa shape index (κ3) is 5.64. The number of hydrogen-bond acceptors (Lipinski definition) is 4. The Morgan fingerprint density at radius 2 is 1.61 bits per heavy atom. The van der Waals surface area contributed by atoms with Crippen molar-refractivity contribution in [3.63, 3.8) is 0 Å². The number of carbonyl (C=O) groups excluding carboxylic acids is 2. The van der Waals surface area contributed by atoms with Crippen LogP contribution in [-0.2, 0) is 0 Å². The number of likely N-dealkylation sites (tertiary alicyclic amines) is 2. The molecule has 1 aromatic heterocycles. The smallest absolute Gasteiger partial charge is 0.324 e. The first kappa shape index (κ1) is 22.6. The van der Waals surface area contributed by atoms with Gasteiger partial charge in [-0.3, -0.25) is 5.32 Å². The number of anilines is 1. The van der Waals surface area contributed by atoms with Crippen LogP contribution in [0.25, 0.3) is 0 Å². The molecule has 9 heteroatoms. The van der Waals surface area contributed by atoms with Crippen molar-refractivity contribution in [2.24, 2.45) is 5.92 Å². The number of amides is 4. The predicted molar refractivity (Wildman–Crippen MR) is 125 cm³/mol. The Hall–Kier alpha value is -1.54. The Balaban J connectivity index is 1.40. The molecule has 3 heterocycles. The van der Waals surface area contributed by atoms with Gasteiger partial charge in [0, 0.05) is 38.3 Å². The topological polar surface area (TPSA) is 68.8 Å². The molecule has 1 aliphatic carbocycles. The van der Waals surface area contributed by atoms with Crippen LogP contribution >= 0.6 is 22.9 Å². The summed E-state index contributed by atoms with van der Waals surface area (Å²) in [6.07, 6.45) is 11.1. The van der Waals surface area contributed by atoms with Gasteiger partial charge in [-0.05, 0) is 63.7 Å². The lowest BCUT2D eigenvalue weighted by molar-refractivity contribution is 0.0793. The van der Waals surface area contributed by atoms with E-state index in [2.05, 4.69) is 22.1 Å². The number of halogens is 1. The van der Waals surface area contributed by atoms with Gasteiger partial charge in [-0.1, -0.05) is 29.9 Å². The normalized spacial score (nSPS) is 25.4. The molecule has 2 aliphatic heterocycles. The van der Waals surface area contributed by atoms with Gasteiger partial charge in [0.2, 0.25) is 0 Å². The van der Waals surface area contributed by atoms with Gasteiger partial charge in [-0.15, -0.1) is 0 Å². The van der Waals surface area contributed by atoms with E-state index in [4.69, 9.17) is 11.6 Å². The van der Waals surface area contributed by atoms with Crippen LogP contribution in [0.15, 0.2) is 6.20 Å². The van der Waals surface area contributed by atoms with Gasteiger partial charge in [-0.25, -0.2) is 14.6 Å². The highest BCUT2D eigenvalue weighted by Crippen LogP contribution is 2.32. The molecule has 31 heavy (non-hydrogen) atoms. The zero-order valence-electron chi connectivity index (χ0n) is 18.4. The predicted octanol–water partition coefficient (Wildman–Crippen LogP) is 5.28. The average Bonchev–Trinajstić information content (AvgIpc) is 3.20. The van der Waals surface area contributed by atoms with E-state index in [9.17, 15) is 9.59 Å².